The monoisotopic (exact) mass is 1000 g/mol. The zero-order valence-electron chi connectivity index (χ0n) is 48.0. The van der Waals surface area contributed by atoms with Crippen molar-refractivity contribution in [2.75, 3.05) is 13.2 Å². The van der Waals surface area contributed by atoms with Gasteiger partial charge >= 0.3 is 5.97 Å². The lowest BCUT2D eigenvalue weighted by atomic mass is 10.0. The molecule has 0 aliphatic heterocycles. The number of aliphatic hydroxyl groups is 2. The molecule has 0 rings (SSSR count). The Morgan fingerprint density at radius 1 is 0.394 bits per heavy atom. The fourth-order valence-corrected chi connectivity index (χ4v) is 10.1. The minimum absolute atomic E-state index is 0.0157. The van der Waals surface area contributed by atoms with Gasteiger partial charge in [-0.1, -0.05) is 308 Å². The van der Waals surface area contributed by atoms with Gasteiger partial charge in [-0.15, -0.1) is 0 Å². The maximum atomic E-state index is 12.4. The van der Waals surface area contributed by atoms with Gasteiger partial charge in [-0.05, 0) is 57.8 Å². The Morgan fingerprint density at radius 2 is 0.704 bits per heavy atom. The third-order valence-electron chi connectivity index (χ3n) is 15.0. The minimum atomic E-state index is -0.662. The predicted octanol–water partition coefficient (Wildman–Crippen LogP) is 20.2. The Bertz CT molecular complexity index is 1110. The van der Waals surface area contributed by atoms with Crippen molar-refractivity contribution in [2.24, 2.45) is 0 Å². The zero-order valence-corrected chi connectivity index (χ0v) is 48.0. The second-order valence-electron chi connectivity index (χ2n) is 22.1. The average Bonchev–Trinajstić information content (AvgIpc) is 3.37. The first-order valence-electron chi connectivity index (χ1n) is 32.1. The van der Waals surface area contributed by atoms with Crippen LogP contribution in [0.1, 0.15) is 354 Å². The van der Waals surface area contributed by atoms with Crippen molar-refractivity contribution in [1.82, 2.24) is 5.32 Å². The van der Waals surface area contributed by atoms with Crippen molar-refractivity contribution in [3.63, 3.8) is 0 Å². The third-order valence-corrected chi connectivity index (χ3v) is 15.0. The highest BCUT2D eigenvalue weighted by atomic mass is 16.5. The Hall–Kier alpha value is -1.66. The molecule has 2 unspecified atom stereocenters. The van der Waals surface area contributed by atoms with E-state index in [4.69, 9.17) is 4.74 Å². The standard InChI is InChI=1S/C65H125NO5/c1-3-5-7-9-11-13-14-15-16-33-36-39-43-47-51-55-59-65(70)71-60-56-52-48-44-40-37-34-31-29-27-25-23-21-19-17-18-20-22-24-26-28-30-32-35-38-42-46-50-54-58-64(69)66-62(61-67)63(68)57-53-49-45-41-12-10-8-6-4-2/h17,19,23,25,62-63,67-68H,3-16,18,20-22,24,26-61H2,1-2H3,(H,66,69)/b19-17-,25-23-. The molecule has 0 heterocycles. The molecule has 0 aromatic heterocycles. The summed E-state index contributed by atoms with van der Waals surface area (Å²) in [7, 11) is 0. The van der Waals surface area contributed by atoms with Crippen LogP contribution in [0.3, 0.4) is 0 Å². The molecule has 420 valence electrons. The van der Waals surface area contributed by atoms with Crippen molar-refractivity contribution in [3.8, 4) is 0 Å². The predicted molar refractivity (Wildman–Crippen MR) is 310 cm³/mol. The molecule has 0 aromatic carbocycles. The van der Waals surface area contributed by atoms with E-state index in [1.165, 1.54) is 276 Å². The van der Waals surface area contributed by atoms with Gasteiger partial charge in [0.2, 0.25) is 5.91 Å². The van der Waals surface area contributed by atoms with E-state index < -0.39 is 12.1 Å². The average molecular weight is 1000 g/mol. The third kappa shape index (κ3) is 57.5. The molecule has 0 aromatic rings. The van der Waals surface area contributed by atoms with Gasteiger partial charge in [-0.25, -0.2) is 0 Å². The summed E-state index contributed by atoms with van der Waals surface area (Å²) in [6.45, 7) is 4.95. The molecule has 3 N–H and O–H groups in total. The van der Waals surface area contributed by atoms with Crippen molar-refractivity contribution in [1.29, 1.82) is 0 Å². The number of hydrogen-bond donors (Lipinski definition) is 3. The smallest absolute Gasteiger partial charge is 0.305 e. The van der Waals surface area contributed by atoms with Gasteiger partial charge in [0.25, 0.3) is 0 Å². The fraction of sp³-hybridized carbons (Fsp3) is 0.908. The number of carbonyl (C=O) groups excluding carboxylic acids is 2. The summed E-state index contributed by atoms with van der Waals surface area (Å²) in [4.78, 5) is 24.5. The van der Waals surface area contributed by atoms with Crippen molar-refractivity contribution in [2.45, 2.75) is 366 Å². The second-order valence-corrected chi connectivity index (χ2v) is 22.1. The van der Waals surface area contributed by atoms with E-state index in [-0.39, 0.29) is 18.5 Å². The van der Waals surface area contributed by atoms with E-state index in [9.17, 15) is 19.8 Å². The lowest BCUT2D eigenvalue weighted by Crippen LogP contribution is -2.45. The molecule has 1 amide bonds. The number of rotatable bonds is 60. The number of carbonyl (C=O) groups is 2. The number of nitrogens with one attached hydrogen (secondary N) is 1. The molecule has 71 heavy (non-hydrogen) atoms. The molecular formula is C65H125NO5. The first-order chi connectivity index (χ1) is 35.0. The van der Waals surface area contributed by atoms with Gasteiger partial charge in [0.1, 0.15) is 0 Å². The van der Waals surface area contributed by atoms with Crippen LogP contribution in [0.15, 0.2) is 24.3 Å². The molecule has 0 radical (unpaired) electrons. The quantitative estimate of drug-likeness (QED) is 0.0320. The number of amides is 1. The van der Waals surface area contributed by atoms with Crippen LogP contribution in [0.4, 0.5) is 0 Å². The molecule has 6 heteroatoms. The first-order valence-corrected chi connectivity index (χ1v) is 32.1. The van der Waals surface area contributed by atoms with Gasteiger partial charge in [-0.2, -0.15) is 0 Å². The number of esters is 1. The summed E-state index contributed by atoms with van der Waals surface area (Å²) in [5, 5.41) is 23.1. The Labute approximate surface area is 443 Å². The van der Waals surface area contributed by atoms with Gasteiger partial charge in [-0.3, -0.25) is 9.59 Å². The summed E-state index contributed by atoms with van der Waals surface area (Å²) >= 11 is 0. The van der Waals surface area contributed by atoms with E-state index in [2.05, 4.69) is 43.5 Å². The van der Waals surface area contributed by atoms with Crippen LogP contribution in [-0.2, 0) is 14.3 Å². The van der Waals surface area contributed by atoms with Crippen LogP contribution in [0.5, 0.6) is 0 Å². The van der Waals surface area contributed by atoms with Gasteiger partial charge in [0.05, 0.1) is 25.4 Å². The largest absolute Gasteiger partial charge is 0.466 e. The number of unbranched alkanes of at least 4 members (excludes halogenated alkanes) is 45. The second kappa shape index (κ2) is 60.9. The lowest BCUT2D eigenvalue weighted by molar-refractivity contribution is -0.143. The summed E-state index contributed by atoms with van der Waals surface area (Å²) in [5.41, 5.74) is 0. The van der Waals surface area contributed by atoms with E-state index in [1.807, 2.05) is 0 Å². The molecule has 0 aliphatic rings. The van der Waals surface area contributed by atoms with Crippen LogP contribution in [0, 0.1) is 0 Å². The molecule has 0 spiro atoms. The maximum Gasteiger partial charge on any atom is 0.305 e. The molecule has 0 bridgehead atoms. The highest BCUT2D eigenvalue weighted by molar-refractivity contribution is 5.76. The Balaban J connectivity index is 3.36. The fourth-order valence-electron chi connectivity index (χ4n) is 10.1. The highest BCUT2D eigenvalue weighted by Gasteiger charge is 2.20. The van der Waals surface area contributed by atoms with Crippen LogP contribution in [-0.4, -0.2) is 47.4 Å². The van der Waals surface area contributed by atoms with Gasteiger partial charge in [0, 0.05) is 12.8 Å². The number of hydrogen-bond acceptors (Lipinski definition) is 5. The summed E-state index contributed by atoms with van der Waals surface area (Å²) < 4.78 is 5.49. The van der Waals surface area contributed by atoms with Crippen molar-refractivity contribution < 1.29 is 24.5 Å². The summed E-state index contributed by atoms with van der Waals surface area (Å²) in [6, 6.07) is -0.540. The molecule has 0 saturated heterocycles. The minimum Gasteiger partial charge on any atom is -0.466 e. The molecule has 0 fully saturated rings. The number of allylic oxidation sites excluding steroid dienone is 4. The van der Waals surface area contributed by atoms with Crippen LogP contribution in [0.25, 0.3) is 0 Å². The molecular weight excluding hydrogens is 875 g/mol. The van der Waals surface area contributed by atoms with Crippen LogP contribution in [0.2, 0.25) is 0 Å². The first kappa shape index (κ1) is 69.3. The Kier molecular flexibility index (Phi) is 59.5. The van der Waals surface area contributed by atoms with Crippen LogP contribution < -0.4 is 5.32 Å². The Morgan fingerprint density at radius 3 is 1.07 bits per heavy atom. The SMILES string of the molecule is CCCCCCCCCCCCCCCCCCC(=O)OCCCCCCCCCCC/C=C\C/C=C\CCCCCCCCCCCCCCCC(=O)NC(CO)C(O)CCCCCCCCCCC. The van der Waals surface area contributed by atoms with E-state index in [1.54, 1.807) is 0 Å². The van der Waals surface area contributed by atoms with Gasteiger partial charge in [0.15, 0.2) is 0 Å². The van der Waals surface area contributed by atoms with Gasteiger partial charge < -0.3 is 20.3 Å². The maximum absolute atomic E-state index is 12.4. The molecule has 0 saturated carbocycles. The topological polar surface area (TPSA) is 95.9 Å². The number of ether oxygens (including phenoxy) is 1. The van der Waals surface area contributed by atoms with Crippen LogP contribution >= 0.6 is 0 Å². The number of aliphatic hydroxyl groups excluding tert-OH is 2. The molecule has 6 nitrogen and oxygen atoms in total. The van der Waals surface area contributed by atoms with E-state index in [0.717, 1.165) is 44.9 Å². The van der Waals surface area contributed by atoms with Crippen molar-refractivity contribution >= 4 is 11.9 Å². The van der Waals surface area contributed by atoms with E-state index in [0.29, 0.717) is 25.9 Å². The van der Waals surface area contributed by atoms with E-state index >= 15 is 0 Å². The normalized spacial score (nSPS) is 12.7. The molecule has 0 aliphatic carbocycles. The summed E-state index contributed by atoms with van der Waals surface area (Å²) in [6.07, 6.45) is 75.0. The van der Waals surface area contributed by atoms with Crippen molar-refractivity contribution in [3.05, 3.63) is 24.3 Å². The zero-order chi connectivity index (χ0) is 51.4. The lowest BCUT2D eigenvalue weighted by Gasteiger charge is -2.22. The molecule has 2 atom stereocenters. The highest BCUT2D eigenvalue weighted by Crippen LogP contribution is 2.18. The summed E-state index contributed by atoms with van der Waals surface area (Å²) in [5.74, 6) is -0.0216.